The van der Waals surface area contributed by atoms with Gasteiger partial charge in [0.25, 0.3) is 0 Å². The summed E-state index contributed by atoms with van der Waals surface area (Å²) in [6, 6.07) is 0. The van der Waals surface area contributed by atoms with Crippen LogP contribution in [0.1, 0.15) is 12.8 Å². The summed E-state index contributed by atoms with van der Waals surface area (Å²) < 4.78 is 105. The molecule has 50 heavy (non-hydrogen) atoms. The molecule has 0 aromatic rings. The van der Waals surface area contributed by atoms with E-state index in [4.69, 9.17) is 61.8 Å². The third kappa shape index (κ3) is 35.0. The van der Waals surface area contributed by atoms with Crippen molar-refractivity contribution >= 4 is 23.5 Å². The smallest absolute Gasteiger partial charge is 0.385 e. The summed E-state index contributed by atoms with van der Waals surface area (Å²) in [5, 5.41) is 0. The lowest BCUT2D eigenvalue weighted by atomic mass is 10.2. The number of phosphoric ester groups is 3. The van der Waals surface area contributed by atoms with Gasteiger partial charge in [-0.15, -0.1) is 0 Å². The maximum atomic E-state index is 11.1. The third-order valence-corrected chi connectivity index (χ3v) is 8.53. The van der Waals surface area contributed by atoms with Gasteiger partial charge in [0.2, 0.25) is 0 Å². The molecule has 24 heteroatoms. The zero-order valence-corrected chi connectivity index (χ0v) is 32.6. The quantitative estimate of drug-likeness (QED) is 0.0668. The Morgan fingerprint density at radius 3 is 1.32 bits per heavy atom. The Kier molecular flexibility index (Phi) is 36.2. The average molecular weight is 801 g/mol. The Morgan fingerprint density at radius 2 is 0.920 bits per heavy atom. The molecule has 3 unspecified atom stereocenters. The maximum absolute atomic E-state index is 11.1. The maximum Gasteiger partial charge on any atom is 0.472 e. The molecule has 0 radical (unpaired) electrons. The van der Waals surface area contributed by atoms with Crippen molar-refractivity contribution in [2.75, 3.05) is 148 Å². The Labute approximate surface area is 295 Å². The molecular weight excluding hydrogens is 741 g/mol. The van der Waals surface area contributed by atoms with Crippen molar-refractivity contribution in [3.8, 4) is 0 Å². The van der Waals surface area contributed by atoms with Crippen LogP contribution < -0.4 is 0 Å². The van der Waals surface area contributed by atoms with Crippen LogP contribution in [0.3, 0.4) is 0 Å². The van der Waals surface area contributed by atoms with E-state index in [2.05, 4.69) is 22.6 Å². The van der Waals surface area contributed by atoms with E-state index in [0.29, 0.717) is 98.7 Å². The zero-order valence-electron chi connectivity index (χ0n) is 29.9. The number of hydrogen-bond acceptors (Lipinski definition) is 18. The highest BCUT2D eigenvalue weighted by atomic mass is 31.2. The second-order valence-electron chi connectivity index (χ2n) is 9.32. The van der Waals surface area contributed by atoms with E-state index in [1.54, 1.807) is 14.2 Å². The molecule has 0 spiro atoms. The molecule has 0 amide bonds. The first-order chi connectivity index (χ1) is 23.8. The average Bonchev–Trinajstić information content (AvgIpc) is 3.52. The van der Waals surface area contributed by atoms with Gasteiger partial charge in [-0.2, -0.15) is 0 Å². The molecule has 1 aliphatic heterocycles. The lowest BCUT2D eigenvalue weighted by Gasteiger charge is -2.19. The van der Waals surface area contributed by atoms with Gasteiger partial charge in [-0.1, -0.05) is 0 Å². The van der Waals surface area contributed by atoms with Crippen molar-refractivity contribution in [1.29, 1.82) is 0 Å². The topological polar surface area (TPSA) is 250 Å². The summed E-state index contributed by atoms with van der Waals surface area (Å²) in [4.78, 5) is 26.7. The van der Waals surface area contributed by atoms with E-state index in [1.807, 2.05) is 0 Å². The molecule has 0 aromatic carbocycles. The van der Waals surface area contributed by atoms with Crippen molar-refractivity contribution < 1.29 is 98.1 Å². The molecule has 0 aliphatic carbocycles. The fourth-order valence-corrected chi connectivity index (χ4v) is 4.65. The van der Waals surface area contributed by atoms with Crippen LogP contribution in [0.2, 0.25) is 0 Å². The standard InChI is InChI=1S/C14H31O10P.C7H15O6P.C5H13O5P/c1-17-3-4-19-5-6-20-7-8-21-9-10-22-11-12-23-13-14-24-25(15,16)18-2;1-10-5-7-6(3-4-12-7)13-14(8,9)11-2;1-8-4-3-5-10-11(6,7)9-2/h3-14H2,1-2H3,(H,15,16);6-7H,3-5H2,1-2H3,(H,8,9);3-5H2,1-2H3,(H,6,7)/t;6-,7-;/m.1./s1. The first-order valence-electron chi connectivity index (χ1n) is 15.4. The Morgan fingerprint density at radius 1 is 0.520 bits per heavy atom. The van der Waals surface area contributed by atoms with Crippen molar-refractivity contribution in [2.24, 2.45) is 0 Å². The van der Waals surface area contributed by atoms with Gasteiger partial charge in [0.1, 0.15) is 12.2 Å². The van der Waals surface area contributed by atoms with Gasteiger partial charge in [-0.25, -0.2) is 13.7 Å². The van der Waals surface area contributed by atoms with Gasteiger partial charge in [0.05, 0.1) is 92.5 Å². The van der Waals surface area contributed by atoms with Gasteiger partial charge >= 0.3 is 23.5 Å². The van der Waals surface area contributed by atoms with E-state index in [1.165, 1.54) is 7.11 Å². The summed E-state index contributed by atoms with van der Waals surface area (Å²) in [6.07, 6.45) is 0.410. The fraction of sp³-hybridized carbons (Fsp3) is 1.00. The number of hydrogen-bond donors (Lipinski definition) is 3. The second kappa shape index (κ2) is 34.7. The first-order valence-corrected chi connectivity index (χ1v) is 19.9. The minimum absolute atomic E-state index is 0.0256. The number of rotatable bonds is 31. The lowest BCUT2D eigenvalue weighted by molar-refractivity contribution is -0.0164. The lowest BCUT2D eigenvalue weighted by Crippen LogP contribution is -2.28. The van der Waals surface area contributed by atoms with Gasteiger partial charge < -0.3 is 57.3 Å². The predicted molar refractivity (Wildman–Crippen MR) is 176 cm³/mol. The molecular formula is C26H59O21P3. The minimum atomic E-state index is -3.92. The summed E-state index contributed by atoms with van der Waals surface area (Å²) in [5.41, 5.74) is 0. The van der Waals surface area contributed by atoms with Gasteiger partial charge in [0.15, 0.2) is 0 Å². The molecule has 1 saturated heterocycles. The number of methoxy groups -OCH3 is 3. The van der Waals surface area contributed by atoms with Crippen LogP contribution in [0.4, 0.5) is 0 Å². The van der Waals surface area contributed by atoms with Crippen molar-refractivity contribution in [3.63, 3.8) is 0 Å². The van der Waals surface area contributed by atoms with Crippen LogP contribution in [0, 0.1) is 0 Å². The van der Waals surface area contributed by atoms with Crippen LogP contribution in [-0.4, -0.2) is 175 Å². The Balaban J connectivity index is 0. The second-order valence-corrected chi connectivity index (χ2v) is 14.0. The van der Waals surface area contributed by atoms with E-state index < -0.39 is 29.6 Å². The largest absolute Gasteiger partial charge is 0.472 e. The highest BCUT2D eigenvalue weighted by molar-refractivity contribution is 7.47. The molecule has 1 fully saturated rings. The third-order valence-electron chi connectivity index (χ3n) is 5.59. The van der Waals surface area contributed by atoms with Crippen LogP contribution in [0.15, 0.2) is 0 Å². The molecule has 1 heterocycles. The summed E-state index contributed by atoms with van der Waals surface area (Å²) in [5.74, 6) is 0. The van der Waals surface area contributed by atoms with Crippen LogP contribution in [0.25, 0.3) is 0 Å². The SMILES string of the molecule is COCCCOP(=O)(O)OC.COCCOCCOCCOCCOCCOCCOP(=O)(O)OC.COC[C@H]1OCC[C@H]1OP(=O)(O)OC. The van der Waals surface area contributed by atoms with Gasteiger partial charge in [-0.3, -0.25) is 27.1 Å². The fourth-order valence-electron chi connectivity index (χ4n) is 3.11. The molecule has 0 bridgehead atoms. The van der Waals surface area contributed by atoms with E-state index in [-0.39, 0.29) is 25.9 Å². The molecule has 0 saturated carbocycles. The molecule has 1 aliphatic rings. The van der Waals surface area contributed by atoms with Crippen LogP contribution >= 0.6 is 23.5 Å². The number of ether oxygens (including phenoxy) is 9. The molecule has 5 atom stereocenters. The minimum Gasteiger partial charge on any atom is -0.385 e. The zero-order chi connectivity index (χ0) is 38.0. The summed E-state index contributed by atoms with van der Waals surface area (Å²) in [7, 11) is -3.54. The molecule has 21 nitrogen and oxygen atoms in total. The summed E-state index contributed by atoms with van der Waals surface area (Å²) in [6.45, 7) is 6.58. The normalized spacial score (nSPS) is 19.4. The number of phosphoric acid groups is 3. The predicted octanol–water partition coefficient (Wildman–Crippen LogP) is 1.82. The highest BCUT2D eigenvalue weighted by Crippen LogP contribution is 2.45. The van der Waals surface area contributed by atoms with E-state index in [0.717, 1.165) is 21.3 Å². The monoisotopic (exact) mass is 800 g/mol. The van der Waals surface area contributed by atoms with Crippen molar-refractivity contribution in [1.82, 2.24) is 0 Å². The first kappa shape index (κ1) is 52.1. The highest BCUT2D eigenvalue weighted by Gasteiger charge is 2.35. The van der Waals surface area contributed by atoms with Gasteiger partial charge in [-0.05, 0) is 6.42 Å². The summed E-state index contributed by atoms with van der Waals surface area (Å²) >= 11 is 0. The van der Waals surface area contributed by atoms with Crippen molar-refractivity contribution in [2.45, 2.75) is 25.0 Å². The van der Waals surface area contributed by atoms with Crippen LogP contribution in [-0.2, 0) is 83.5 Å². The molecule has 304 valence electrons. The van der Waals surface area contributed by atoms with Gasteiger partial charge in [0, 0.05) is 62.3 Å². The molecule has 0 aromatic heterocycles. The van der Waals surface area contributed by atoms with E-state index in [9.17, 15) is 13.7 Å². The molecule has 3 N–H and O–H groups in total. The van der Waals surface area contributed by atoms with Crippen LogP contribution in [0.5, 0.6) is 0 Å². The Bertz CT molecular complexity index is 888. The molecule has 1 rings (SSSR count). The van der Waals surface area contributed by atoms with Crippen molar-refractivity contribution in [3.05, 3.63) is 0 Å². The Hall–Kier alpha value is -0.0300. The van der Waals surface area contributed by atoms with E-state index >= 15 is 0 Å².